The number of amides is 2. The van der Waals surface area contributed by atoms with E-state index in [0.717, 1.165) is 16.9 Å². The number of thiophene rings is 1. The quantitative estimate of drug-likeness (QED) is 0.677. The predicted molar refractivity (Wildman–Crippen MR) is 93.1 cm³/mol. The van der Waals surface area contributed by atoms with Gasteiger partial charge in [-0.05, 0) is 46.2 Å². The van der Waals surface area contributed by atoms with Gasteiger partial charge in [-0.25, -0.2) is 9.78 Å². The van der Waals surface area contributed by atoms with Gasteiger partial charge in [-0.15, -0.1) is 0 Å². The summed E-state index contributed by atoms with van der Waals surface area (Å²) in [5.74, 6) is 0.605. The molecule has 0 spiro atoms. The second kappa shape index (κ2) is 5.73. The molecular weight excluding hydrogens is 308 g/mol. The van der Waals surface area contributed by atoms with Crippen molar-refractivity contribution in [1.29, 1.82) is 0 Å². The Morgan fingerprint density at radius 1 is 1.09 bits per heavy atom. The number of nitrogens with one attached hydrogen (secondary N) is 3. The molecule has 1 aliphatic heterocycles. The Balaban J connectivity index is 1.59. The number of hydrogen-bond acceptors (Lipinski definition) is 4. The number of benzene rings is 1. The number of fused-ring (bicyclic) bond motifs is 1. The smallest absolute Gasteiger partial charge is 0.320 e. The highest BCUT2D eigenvalue weighted by atomic mass is 32.1. The number of nitrogens with zero attached hydrogens (tertiary/aromatic N) is 1. The highest BCUT2D eigenvalue weighted by Crippen LogP contribution is 2.29. The average molecular weight is 322 g/mol. The Morgan fingerprint density at radius 2 is 1.96 bits per heavy atom. The van der Waals surface area contributed by atoms with Crippen LogP contribution in [0, 0.1) is 0 Å². The molecule has 0 saturated carbocycles. The van der Waals surface area contributed by atoms with Gasteiger partial charge in [-0.3, -0.25) is 5.32 Å². The van der Waals surface area contributed by atoms with E-state index in [4.69, 9.17) is 0 Å². The predicted octanol–water partition coefficient (Wildman–Crippen LogP) is 4.19. The molecular formula is C17H14N4OS. The minimum absolute atomic E-state index is 0.220. The van der Waals surface area contributed by atoms with Crippen LogP contribution in [0.25, 0.3) is 11.1 Å². The Bertz CT molecular complexity index is 844. The zero-order valence-corrected chi connectivity index (χ0v) is 13.0. The van der Waals surface area contributed by atoms with Crippen LogP contribution in [-0.2, 0) is 6.54 Å². The van der Waals surface area contributed by atoms with Crippen LogP contribution in [-0.4, -0.2) is 11.0 Å². The van der Waals surface area contributed by atoms with Crippen LogP contribution < -0.4 is 16.0 Å². The number of aromatic nitrogens is 1. The zero-order valence-electron chi connectivity index (χ0n) is 12.2. The van der Waals surface area contributed by atoms with E-state index < -0.39 is 0 Å². The van der Waals surface area contributed by atoms with Gasteiger partial charge < -0.3 is 10.6 Å². The van der Waals surface area contributed by atoms with Gasteiger partial charge in [0.2, 0.25) is 0 Å². The Labute approximate surface area is 137 Å². The molecule has 1 aliphatic rings. The van der Waals surface area contributed by atoms with Gasteiger partial charge in [-0.2, -0.15) is 11.3 Å². The third kappa shape index (κ3) is 2.76. The largest absolute Gasteiger partial charge is 0.355 e. The lowest BCUT2D eigenvalue weighted by Gasteiger charge is -2.20. The molecule has 23 heavy (non-hydrogen) atoms. The van der Waals surface area contributed by atoms with E-state index in [9.17, 15) is 4.79 Å². The summed E-state index contributed by atoms with van der Waals surface area (Å²) in [7, 11) is 0. The molecule has 4 rings (SSSR count). The standard InChI is InChI=1S/C17H14N4OS/c22-17-19-9-14-15(5-7-18-16(14)21-17)20-13-3-1-11(2-4-13)12-6-8-23-10-12/h1-8,10H,9H2,(H3,18,19,20,21,22). The van der Waals surface area contributed by atoms with Crippen LogP contribution in [0.4, 0.5) is 22.0 Å². The molecule has 3 N–H and O–H groups in total. The number of carbonyl (C=O) groups excluding carboxylic acids is 1. The van der Waals surface area contributed by atoms with Gasteiger partial charge in [0, 0.05) is 23.1 Å². The van der Waals surface area contributed by atoms with Crippen molar-refractivity contribution in [1.82, 2.24) is 10.3 Å². The molecule has 0 radical (unpaired) electrons. The third-order valence-corrected chi connectivity index (χ3v) is 4.42. The third-order valence-electron chi connectivity index (χ3n) is 3.73. The monoisotopic (exact) mass is 322 g/mol. The van der Waals surface area contributed by atoms with Gasteiger partial charge in [0.25, 0.3) is 0 Å². The summed E-state index contributed by atoms with van der Waals surface area (Å²) in [5.41, 5.74) is 5.31. The van der Waals surface area contributed by atoms with Crippen molar-refractivity contribution in [2.24, 2.45) is 0 Å². The molecule has 0 fully saturated rings. The summed E-state index contributed by atoms with van der Waals surface area (Å²) >= 11 is 1.69. The number of pyridine rings is 1. The van der Waals surface area contributed by atoms with E-state index in [2.05, 4.69) is 62.0 Å². The maximum Gasteiger partial charge on any atom is 0.320 e. The van der Waals surface area contributed by atoms with Crippen LogP contribution in [0.15, 0.2) is 53.4 Å². The second-order valence-corrected chi connectivity index (χ2v) is 5.99. The fourth-order valence-corrected chi connectivity index (χ4v) is 3.21. The van der Waals surface area contributed by atoms with Crippen molar-refractivity contribution >= 4 is 34.6 Å². The van der Waals surface area contributed by atoms with Gasteiger partial charge in [0.15, 0.2) is 0 Å². The molecule has 3 aromatic rings. The molecule has 2 aromatic heterocycles. The summed E-state index contributed by atoms with van der Waals surface area (Å²) < 4.78 is 0. The highest BCUT2D eigenvalue weighted by Gasteiger charge is 2.18. The first-order valence-corrected chi connectivity index (χ1v) is 8.16. The molecule has 5 nitrogen and oxygen atoms in total. The van der Waals surface area contributed by atoms with E-state index in [1.807, 2.05) is 6.07 Å². The molecule has 2 amide bonds. The minimum atomic E-state index is -0.220. The maximum absolute atomic E-state index is 11.4. The van der Waals surface area contributed by atoms with Crippen LogP contribution in [0.2, 0.25) is 0 Å². The Kier molecular flexibility index (Phi) is 3.44. The fraction of sp³-hybridized carbons (Fsp3) is 0.0588. The van der Waals surface area contributed by atoms with Crippen LogP contribution in [0.5, 0.6) is 0 Å². The molecule has 0 aliphatic carbocycles. The van der Waals surface area contributed by atoms with Crippen molar-refractivity contribution < 1.29 is 4.79 Å². The highest BCUT2D eigenvalue weighted by molar-refractivity contribution is 7.08. The van der Waals surface area contributed by atoms with Crippen LogP contribution >= 0.6 is 11.3 Å². The Morgan fingerprint density at radius 3 is 2.74 bits per heavy atom. The summed E-state index contributed by atoms with van der Waals surface area (Å²) in [6, 6.07) is 12.1. The lowest BCUT2D eigenvalue weighted by molar-refractivity contribution is 0.250. The lowest BCUT2D eigenvalue weighted by Crippen LogP contribution is -2.34. The van der Waals surface area contributed by atoms with Crippen molar-refractivity contribution in [2.75, 3.05) is 10.6 Å². The number of anilines is 3. The summed E-state index contributed by atoms with van der Waals surface area (Å²) in [6.07, 6.45) is 1.69. The van der Waals surface area contributed by atoms with Crippen molar-refractivity contribution in [3.8, 4) is 11.1 Å². The fourth-order valence-electron chi connectivity index (χ4n) is 2.55. The molecule has 0 atom stereocenters. The minimum Gasteiger partial charge on any atom is -0.355 e. The summed E-state index contributed by atoms with van der Waals surface area (Å²) in [4.78, 5) is 15.6. The van der Waals surface area contributed by atoms with E-state index in [-0.39, 0.29) is 6.03 Å². The molecule has 114 valence electrons. The normalized spacial score (nSPS) is 13.0. The molecule has 1 aromatic carbocycles. The van der Waals surface area contributed by atoms with Crippen molar-refractivity contribution in [2.45, 2.75) is 6.54 Å². The van der Waals surface area contributed by atoms with Gasteiger partial charge in [-0.1, -0.05) is 12.1 Å². The van der Waals surface area contributed by atoms with Gasteiger partial charge >= 0.3 is 6.03 Å². The van der Waals surface area contributed by atoms with E-state index in [1.165, 1.54) is 11.1 Å². The number of rotatable bonds is 3. The van der Waals surface area contributed by atoms with Crippen LogP contribution in [0.3, 0.4) is 0 Å². The van der Waals surface area contributed by atoms with E-state index >= 15 is 0 Å². The SMILES string of the molecule is O=C1NCc2c(Nc3ccc(-c4ccsc4)cc3)ccnc2N1. The first-order chi connectivity index (χ1) is 11.3. The lowest BCUT2D eigenvalue weighted by atomic mass is 10.1. The van der Waals surface area contributed by atoms with E-state index in [0.29, 0.717) is 12.4 Å². The van der Waals surface area contributed by atoms with E-state index in [1.54, 1.807) is 17.5 Å². The maximum atomic E-state index is 11.4. The van der Waals surface area contributed by atoms with Crippen LogP contribution in [0.1, 0.15) is 5.56 Å². The summed E-state index contributed by atoms with van der Waals surface area (Å²) in [6.45, 7) is 0.463. The van der Waals surface area contributed by atoms with Gasteiger partial charge in [0.1, 0.15) is 5.82 Å². The molecule has 3 heterocycles. The Hall–Kier alpha value is -2.86. The molecule has 0 bridgehead atoms. The zero-order chi connectivity index (χ0) is 15.6. The second-order valence-electron chi connectivity index (χ2n) is 5.21. The number of hydrogen-bond donors (Lipinski definition) is 3. The first kappa shape index (κ1) is 13.8. The first-order valence-electron chi connectivity index (χ1n) is 7.22. The van der Waals surface area contributed by atoms with Gasteiger partial charge in [0.05, 0.1) is 6.54 Å². The number of urea groups is 1. The topological polar surface area (TPSA) is 66.0 Å². The average Bonchev–Trinajstić information content (AvgIpc) is 3.10. The molecule has 0 unspecified atom stereocenters. The van der Waals surface area contributed by atoms with Crippen molar-refractivity contribution in [3.63, 3.8) is 0 Å². The number of carbonyl (C=O) groups is 1. The molecule has 0 saturated heterocycles. The van der Waals surface area contributed by atoms with Crippen molar-refractivity contribution in [3.05, 3.63) is 58.9 Å². The molecule has 6 heteroatoms. The summed E-state index contributed by atoms with van der Waals surface area (Å²) in [5, 5.41) is 13.1.